The van der Waals surface area contributed by atoms with Crippen LogP contribution in [-0.4, -0.2) is 52.1 Å². The zero-order valence-electron chi connectivity index (χ0n) is 12.4. The predicted molar refractivity (Wildman–Crippen MR) is 74.1 cm³/mol. The second kappa shape index (κ2) is 6.78. The van der Waals surface area contributed by atoms with Crippen LogP contribution in [0.5, 0.6) is 0 Å². The summed E-state index contributed by atoms with van der Waals surface area (Å²) in [6.07, 6.45) is 2.40. The van der Waals surface area contributed by atoms with E-state index in [0.29, 0.717) is 12.5 Å². The number of carboxylic acids is 1. The largest absolute Gasteiger partial charge is 0.481 e. The van der Waals surface area contributed by atoms with E-state index in [1.165, 1.54) is 12.8 Å². The highest BCUT2D eigenvalue weighted by molar-refractivity contribution is 5.76. The minimum Gasteiger partial charge on any atom is -0.481 e. The van der Waals surface area contributed by atoms with Crippen molar-refractivity contribution in [3.63, 3.8) is 0 Å². The lowest BCUT2D eigenvalue weighted by atomic mass is 10.2. The lowest BCUT2D eigenvalue weighted by Crippen LogP contribution is -2.50. The Hall–Kier alpha value is -1.26. The van der Waals surface area contributed by atoms with Crippen molar-refractivity contribution in [3.8, 4) is 0 Å². The van der Waals surface area contributed by atoms with Gasteiger partial charge in [0.25, 0.3) is 0 Å². The predicted octanol–water partition coefficient (Wildman–Crippen LogP) is 2.41. The summed E-state index contributed by atoms with van der Waals surface area (Å²) in [6, 6.07) is -0.146. The van der Waals surface area contributed by atoms with Gasteiger partial charge in [-0.25, -0.2) is 4.79 Å². The number of hydrogen-bond donors (Lipinski definition) is 1. The van der Waals surface area contributed by atoms with Gasteiger partial charge >= 0.3 is 12.0 Å². The van der Waals surface area contributed by atoms with E-state index in [9.17, 15) is 9.59 Å². The van der Waals surface area contributed by atoms with E-state index in [2.05, 4.69) is 0 Å². The van der Waals surface area contributed by atoms with Gasteiger partial charge < -0.3 is 14.9 Å². The molecule has 0 aromatic carbocycles. The normalized spacial score (nSPS) is 16.3. The maximum absolute atomic E-state index is 12.6. The van der Waals surface area contributed by atoms with Gasteiger partial charge in [0, 0.05) is 25.2 Å². The van der Waals surface area contributed by atoms with Crippen molar-refractivity contribution in [2.75, 3.05) is 13.1 Å². The molecular formula is C14H26N2O3. The van der Waals surface area contributed by atoms with E-state index >= 15 is 0 Å². The summed E-state index contributed by atoms with van der Waals surface area (Å²) in [5, 5.41) is 8.86. The number of urea groups is 1. The second-order valence-corrected chi connectivity index (χ2v) is 5.70. The summed E-state index contributed by atoms with van der Waals surface area (Å²) >= 11 is 0. The van der Waals surface area contributed by atoms with Crippen molar-refractivity contribution in [3.05, 3.63) is 0 Å². The Balaban J connectivity index is 2.69. The fourth-order valence-corrected chi connectivity index (χ4v) is 2.25. The van der Waals surface area contributed by atoms with Crippen LogP contribution in [0.2, 0.25) is 0 Å². The van der Waals surface area contributed by atoms with Crippen LogP contribution in [0.1, 0.15) is 47.0 Å². The molecule has 2 amide bonds. The van der Waals surface area contributed by atoms with Crippen molar-refractivity contribution in [1.29, 1.82) is 0 Å². The lowest BCUT2D eigenvalue weighted by Gasteiger charge is -2.35. The van der Waals surface area contributed by atoms with Crippen molar-refractivity contribution in [2.45, 2.75) is 59.0 Å². The topological polar surface area (TPSA) is 60.9 Å². The van der Waals surface area contributed by atoms with Gasteiger partial charge in [0.2, 0.25) is 0 Å². The molecule has 5 heteroatoms. The number of nitrogens with zero attached hydrogens (tertiary/aromatic N) is 2. The van der Waals surface area contributed by atoms with Gasteiger partial charge in [-0.3, -0.25) is 4.79 Å². The monoisotopic (exact) mass is 270 g/mol. The van der Waals surface area contributed by atoms with Crippen molar-refractivity contribution < 1.29 is 14.7 Å². The quantitative estimate of drug-likeness (QED) is 0.772. The first kappa shape index (κ1) is 15.8. The van der Waals surface area contributed by atoms with Gasteiger partial charge in [0.05, 0.1) is 6.42 Å². The first-order valence-electron chi connectivity index (χ1n) is 7.15. The molecule has 1 aliphatic carbocycles. The molecule has 0 spiro atoms. The fraction of sp³-hybridized carbons (Fsp3) is 0.857. The maximum atomic E-state index is 12.6. The van der Waals surface area contributed by atoms with Crippen molar-refractivity contribution in [1.82, 2.24) is 9.80 Å². The van der Waals surface area contributed by atoms with Crippen LogP contribution in [0.3, 0.4) is 0 Å². The van der Waals surface area contributed by atoms with Crippen molar-refractivity contribution >= 4 is 12.0 Å². The summed E-state index contributed by atoms with van der Waals surface area (Å²) < 4.78 is 0. The van der Waals surface area contributed by atoms with E-state index in [-0.39, 0.29) is 24.5 Å². The molecule has 0 heterocycles. The Morgan fingerprint density at radius 3 is 2.16 bits per heavy atom. The van der Waals surface area contributed by atoms with E-state index in [1.54, 1.807) is 11.8 Å². The van der Waals surface area contributed by atoms with Gasteiger partial charge in [0.1, 0.15) is 0 Å². The smallest absolute Gasteiger partial charge is 0.320 e. The lowest BCUT2D eigenvalue weighted by molar-refractivity contribution is -0.138. The molecule has 0 aromatic rings. The number of amides is 2. The van der Waals surface area contributed by atoms with Crippen molar-refractivity contribution in [2.24, 2.45) is 5.92 Å². The summed E-state index contributed by atoms with van der Waals surface area (Å²) in [6.45, 7) is 9.05. The van der Waals surface area contributed by atoms with Crippen LogP contribution < -0.4 is 0 Å². The average molecular weight is 270 g/mol. The van der Waals surface area contributed by atoms with E-state index in [4.69, 9.17) is 5.11 Å². The minimum atomic E-state index is -0.864. The molecular weight excluding hydrogens is 244 g/mol. The highest BCUT2D eigenvalue weighted by Gasteiger charge is 2.31. The highest BCUT2D eigenvalue weighted by Crippen LogP contribution is 2.30. The second-order valence-electron chi connectivity index (χ2n) is 5.70. The maximum Gasteiger partial charge on any atom is 0.320 e. The molecule has 1 atom stereocenters. The third-order valence-electron chi connectivity index (χ3n) is 3.61. The molecule has 1 aliphatic rings. The van der Waals surface area contributed by atoms with Crippen LogP contribution in [0.4, 0.5) is 4.79 Å². The van der Waals surface area contributed by atoms with Crippen LogP contribution in [-0.2, 0) is 4.79 Å². The summed E-state index contributed by atoms with van der Waals surface area (Å²) in [7, 11) is 0. The van der Waals surface area contributed by atoms with E-state index in [0.717, 1.165) is 6.54 Å². The summed E-state index contributed by atoms with van der Waals surface area (Å²) in [5.74, 6) is -0.225. The number of hydrogen-bond acceptors (Lipinski definition) is 2. The molecule has 19 heavy (non-hydrogen) atoms. The van der Waals surface area contributed by atoms with Crippen LogP contribution in [0.15, 0.2) is 0 Å². The Morgan fingerprint density at radius 2 is 1.79 bits per heavy atom. The number of carbonyl (C=O) groups is 2. The Bertz CT molecular complexity index is 327. The molecule has 5 nitrogen and oxygen atoms in total. The summed E-state index contributed by atoms with van der Waals surface area (Å²) in [5.41, 5.74) is 0. The number of carboxylic acid groups (broad SMARTS) is 1. The van der Waals surface area contributed by atoms with E-state index in [1.807, 2.05) is 25.7 Å². The molecule has 0 saturated heterocycles. The molecule has 1 fully saturated rings. The SMILES string of the molecule is CCN(C(=O)N(CC1CC1)C(C)C)C(C)CC(=O)O. The Kier molecular flexibility index (Phi) is 5.63. The standard InChI is InChI=1S/C14H26N2O3/c1-5-15(11(4)8-13(17)18)14(19)16(10(2)3)9-12-6-7-12/h10-12H,5-9H2,1-4H3,(H,17,18). The zero-order valence-corrected chi connectivity index (χ0v) is 12.4. The average Bonchev–Trinajstić information content (AvgIpc) is 3.08. The third-order valence-corrected chi connectivity index (χ3v) is 3.61. The molecule has 0 aliphatic heterocycles. The molecule has 1 N–H and O–H groups in total. The molecule has 1 saturated carbocycles. The first-order valence-corrected chi connectivity index (χ1v) is 7.15. The molecule has 1 unspecified atom stereocenters. The number of rotatable bonds is 7. The molecule has 1 rings (SSSR count). The van der Waals surface area contributed by atoms with Gasteiger partial charge in [-0.05, 0) is 46.5 Å². The number of aliphatic carboxylic acids is 1. The van der Waals surface area contributed by atoms with Crippen LogP contribution in [0, 0.1) is 5.92 Å². The molecule has 0 bridgehead atoms. The summed E-state index contributed by atoms with van der Waals surface area (Å²) in [4.78, 5) is 26.9. The first-order chi connectivity index (χ1) is 8.86. The van der Waals surface area contributed by atoms with Gasteiger partial charge in [-0.1, -0.05) is 0 Å². The number of carbonyl (C=O) groups excluding carboxylic acids is 1. The molecule has 0 aromatic heterocycles. The fourth-order valence-electron chi connectivity index (χ4n) is 2.25. The van der Waals surface area contributed by atoms with Gasteiger partial charge in [0.15, 0.2) is 0 Å². The van der Waals surface area contributed by atoms with Gasteiger partial charge in [-0.2, -0.15) is 0 Å². The minimum absolute atomic E-state index is 0.00502. The Labute approximate surface area is 115 Å². The highest BCUT2D eigenvalue weighted by atomic mass is 16.4. The molecule has 0 radical (unpaired) electrons. The van der Waals surface area contributed by atoms with E-state index < -0.39 is 5.97 Å². The van der Waals surface area contributed by atoms with Crippen LogP contribution in [0.25, 0.3) is 0 Å². The van der Waals surface area contributed by atoms with Gasteiger partial charge in [-0.15, -0.1) is 0 Å². The van der Waals surface area contributed by atoms with Crippen LogP contribution >= 0.6 is 0 Å². The molecule has 110 valence electrons. The third kappa shape index (κ3) is 4.73. The Morgan fingerprint density at radius 1 is 1.21 bits per heavy atom. The zero-order chi connectivity index (χ0) is 14.6.